The Kier molecular flexibility index (Phi) is 7.74. The second kappa shape index (κ2) is 10.8. The lowest BCUT2D eigenvalue weighted by Crippen LogP contribution is -2.32. The van der Waals surface area contributed by atoms with Gasteiger partial charge >= 0.3 is 0 Å². The minimum Gasteiger partial charge on any atom is -0.348 e. The van der Waals surface area contributed by atoms with Gasteiger partial charge in [0.2, 0.25) is 15.5 Å². The summed E-state index contributed by atoms with van der Waals surface area (Å²) in [6, 6.07) is 11.6. The molecule has 1 aliphatic heterocycles. The molecule has 0 atom stereocenters. The van der Waals surface area contributed by atoms with Gasteiger partial charge < -0.3 is 9.88 Å². The number of aromatic nitrogens is 1. The van der Waals surface area contributed by atoms with Gasteiger partial charge in [0.25, 0.3) is 5.91 Å². The van der Waals surface area contributed by atoms with Crippen molar-refractivity contribution in [2.24, 2.45) is 0 Å². The Bertz CT molecular complexity index is 1410. The first-order valence-electron chi connectivity index (χ1n) is 11.6. The third kappa shape index (κ3) is 5.50. The molecule has 7 nitrogen and oxygen atoms in total. The number of carbonyl (C=O) groups excluding carboxylic acids is 1. The van der Waals surface area contributed by atoms with E-state index in [0.717, 1.165) is 31.2 Å². The zero-order valence-electron chi connectivity index (χ0n) is 19.4. The number of amides is 1. The van der Waals surface area contributed by atoms with Crippen molar-refractivity contribution in [1.29, 1.82) is 0 Å². The zero-order valence-corrected chi connectivity index (χ0v) is 20.9. The van der Waals surface area contributed by atoms with E-state index in [2.05, 4.69) is 11.9 Å². The van der Waals surface area contributed by atoms with Crippen LogP contribution in [0.2, 0.25) is 5.02 Å². The molecule has 1 saturated heterocycles. The predicted octanol–water partition coefficient (Wildman–Crippen LogP) is 4.34. The largest absolute Gasteiger partial charge is 0.348 e. The smallest absolute Gasteiger partial charge is 0.257 e. The maximum Gasteiger partial charge on any atom is 0.257 e. The number of sulfonamides is 1. The summed E-state index contributed by atoms with van der Waals surface area (Å²) in [5.41, 5.74) is 0.805. The number of fused-ring (bicyclic) bond motifs is 1. The number of nitrogens with one attached hydrogen (secondary N) is 1. The molecule has 0 aliphatic carbocycles. The van der Waals surface area contributed by atoms with E-state index in [-0.39, 0.29) is 22.4 Å². The van der Waals surface area contributed by atoms with Gasteiger partial charge in [-0.2, -0.15) is 4.31 Å². The van der Waals surface area contributed by atoms with Crippen LogP contribution in [-0.2, 0) is 23.1 Å². The maximum absolute atomic E-state index is 13.4. The normalized spacial score (nSPS) is 15.0. The van der Waals surface area contributed by atoms with E-state index >= 15 is 0 Å². The molecule has 1 fully saturated rings. The van der Waals surface area contributed by atoms with Crippen molar-refractivity contribution >= 4 is 38.4 Å². The first-order chi connectivity index (χ1) is 16.8. The Hall–Kier alpha value is -2.94. The second-order valence-electron chi connectivity index (χ2n) is 8.62. The van der Waals surface area contributed by atoms with Crippen molar-refractivity contribution in [2.75, 3.05) is 13.1 Å². The molecule has 0 radical (unpaired) electrons. The lowest BCUT2D eigenvalue weighted by molar-refractivity contribution is 0.0949. The number of halogens is 1. The Morgan fingerprint density at radius 2 is 1.74 bits per heavy atom. The number of nitrogens with zero attached hydrogens (tertiary/aromatic N) is 2. The third-order valence-electron chi connectivity index (χ3n) is 6.19. The van der Waals surface area contributed by atoms with Crippen LogP contribution < -0.4 is 10.7 Å². The highest BCUT2D eigenvalue weighted by molar-refractivity contribution is 7.89. The molecule has 1 N–H and O–H groups in total. The highest BCUT2D eigenvalue weighted by Gasteiger charge is 2.26. The number of rotatable bonds is 7. The molecule has 1 aromatic heterocycles. The Balaban J connectivity index is 1.72. The van der Waals surface area contributed by atoms with Gasteiger partial charge in [0.1, 0.15) is 5.56 Å². The van der Waals surface area contributed by atoms with Crippen LogP contribution in [-0.4, -0.2) is 36.3 Å². The first kappa shape index (κ1) is 25.2. The van der Waals surface area contributed by atoms with Gasteiger partial charge in [0.15, 0.2) is 0 Å². The van der Waals surface area contributed by atoms with Crippen LogP contribution in [0.15, 0.2) is 71.0 Å². The van der Waals surface area contributed by atoms with Gasteiger partial charge in [0, 0.05) is 42.8 Å². The maximum atomic E-state index is 13.4. The minimum absolute atomic E-state index is 0.0577. The van der Waals surface area contributed by atoms with E-state index in [1.54, 1.807) is 41.0 Å². The average molecular weight is 514 g/mol. The van der Waals surface area contributed by atoms with E-state index < -0.39 is 21.4 Å². The molecule has 184 valence electrons. The standard InChI is InChI=1S/C26H28ClN3O4S/c1-2-13-29-18-23(26(32)28-17-19-7-9-20(27)10-8-19)25(31)22-16-21(11-12-24(22)29)35(33,34)30-14-5-3-4-6-15-30/h2,7-12,16,18H,1,3-6,13-15,17H2,(H,28,32). The lowest BCUT2D eigenvalue weighted by atomic mass is 10.1. The van der Waals surface area contributed by atoms with Crippen molar-refractivity contribution in [2.45, 2.75) is 43.7 Å². The van der Waals surface area contributed by atoms with Crippen LogP contribution in [0, 0.1) is 0 Å². The van der Waals surface area contributed by atoms with Gasteiger partial charge in [-0.3, -0.25) is 9.59 Å². The summed E-state index contributed by atoms with van der Waals surface area (Å²) in [6.07, 6.45) is 6.79. The highest BCUT2D eigenvalue weighted by Crippen LogP contribution is 2.23. The molecule has 2 aromatic carbocycles. The fraction of sp³-hybridized carbons (Fsp3) is 0.308. The number of pyridine rings is 1. The molecule has 4 rings (SSSR count). The lowest BCUT2D eigenvalue weighted by Gasteiger charge is -2.20. The molecule has 3 aromatic rings. The van der Waals surface area contributed by atoms with Crippen molar-refractivity contribution < 1.29 is 13.2 Å². The summed E-state index contributed by atoms with van der Waals surface area (Å²) in [4.78, 5) is 26.4. The first-order valence-corrected chi connectivity index (χ1v) is 13.4. The average Bonchev–Trinajstić information content (AvgIpc) is 3.15. The molecule has 0 bridgehead atoms. The molecule has 2 heterocycles. The summed E-state index contributed by atoms with van der Waals surface area (Å²) < 4.78 is 29.9. The van der Waals surface area contributed by atoms with E-state index in [1.165, 1.54) is 22.6 Å². The fourth-order valence-electron chi connectivity index (χ4n) is 4.30. The fourth-order valence-corrected chi connectivity index (χ4v) is 5.97. The third-order valence-corrected chi connectivity index (χ3v) is 8.34. The molecule has 35 heavy (non-hydrogen) atoms. The summed E-state index contributed by atoms with van der Waals surface area (Å²) in [5, 5.41) is 3.54. The van der Waals surface area contributed by atoms with Gasteiger partial charge in [0.05, 0.1) is 10.4 Å². The van der Waals surface area contributed by atoms with Gasteiger partial charge in [-0.15, -0.1) is 6.58 Å². The number of allylic oxidation sites excluding steroid dienone is 1. The monoisotopic (exact) mass is 513 g/mol. The summed E-state index contributed by atoms with van der Waals surface area (Å²) in [7, 11) is -3.75. The second-order valence-corrected chi connectivity index (χ2v) is 11.0. The van der Waals surface area contributed by atoms with Gasteiger partial charge in [-0.1, -0.05) is 42.7 Å². The quantitative estimate of drug-likeness (QED) is 0.476. The number of carbonyl (C=O) groups is 1. The SMILES string of the molecule is C=CCn1cc(C(=O)NCc2ccc(Cl)cc2)c(=O)c2cc(S(=O)(=O)N3CCCCCC3)ccc21. The summed E-state index contributed by atoms with van der Waals surface area (Å²) >= 11 is 5.91. The number of hydrogen-bond acceptors (Lipinski definition) is 4. The van der Waals surface area contributed by atoms with Crippen LogP contribution in [0.25, 0.3) is 10.9 Å². The molecule has 0 unspecified atom stereocenters. The molecule has 0 spiro atoms. The zero-order chi connectivity index (χ0) is 25.0. The topological polar surface area (TPSA) is 88.5 Å². The van der Waals surface area contributed by atoms with Crippen molar-refractivity contribution in [1.82, 2.24) is 14.2 Å². The minimum atomic E-state index is -3.75. The van der Waals surface area contributed by atoms with E-state index in [1.807, 2.05) is 0 Å². The molecular weight excluding hydrogens is 486 g/mol. The van der Waals surface area contributed by atoms with E-state index in [9.17, 15) is 18.0 Å². The molecule has 9 heteroatoms. The van der Waals surface area contributed by atoms with E-state index in [4.69, 9.17) is 11.6 Å². The molecule has 0 saturated carbocycles. The van der Waals surface area contributed by atoms with Crippen LogP contribution in [0.5, 0.6) is 0 Å². The Labute approximate surface area is 210 Å². The molecule has 1 aliphatic rings. The highest BCUT2D eigenvalue weighted by atomic mass is 35.5. The van der Waals surface area contributed by atoms with Crippen LogP contribution in [0.4, 0.5) is 0 Å². The van der Waals surface area contributed by atoms with Crippen molar-refractivity contribution in [3.05, 3.63) is 87.7 Å². The van der Waals surface area contributed by atoms with Crippen LogP contribution >= 0.6 is 11.6 Å². The van der Waals surface area contributed by atoms with Crippen LogP contribution in [0.1, 0.15) is 41.6 Å². The molecule has 1 amide bonds. The summed E-state index contributed by atoms with van der Waals surface area (Å²) in [6.45, 7) is 5.26. The van der Waals surface area contributed by atoms with Gasteiger partial charge in [-0.05, 0) is 48.7 Å². The number of benzene rings is 2. The summed E-state index contributed by atoms with van der Waals surface area (Å²) in [5.74, 6) is -0.537. The predicted molar refractivity (Wildman–Crippen MR) is 138 cm³/mol. The van der Waals surface area contributed by atoms with Crippen LogP contribution in [0.3, 0.4) is 0 Å². The number of hydrogen-bond donors (Lipinski definition) is 1. The Morgan fingerprint density at radius 1 is 1.06 bits per heavy atom. The van der Waals surface area contributed by atoms with Gasteiger partial charge in [-0.25, -0.2) is 8.42 Å². The van der Waals surface area contributed by atoms with Crippen molar-refractivity contribution in [3.8, 4) is 0 Å². The Morgan fingerprint density at radius 3 is 2.40 bits per heavy atom. The van der Waals surface area contributed by atoms with Crippen molar-refractivity contribution in [3.63, 3.8) is 0 Å². The van der Waals surface area contributed by atoms with E-state index in [0.29, 0.717) is 30.2 Å². The molecular formula is C26H28ClN3O4S.